The number of anilines is 1. The summed E-state index contributed by atoms with van der Waals surface area (Å²) in [6.45, 7) is 7.64. The topological polar surface area (TPSA) is 75.2 Å². The Bertz CT molecular complexity index is 994. The Morgan fingerprint density at radius 1 is 1.17 bits per heavy atom. The fraction of sp³-hybridized carbons (Fsp3) is 0.300. The molecule has 152 valence electrons. The van der Waals surface area contributed by atoms with Crippen LogP contribution < -0.4 is 10.2 Å². The van der Waals surface area contributed by atoms with Crippen molar-refractivity contribution in [2.24, 2.45) is 0 Å². The van der Waals surface area contributed by atoms with E-state index in [-0.39, 0.29) is 11.6 Å². The lowest BCUT2D eigenvalue weighted by Crippen LogP contribution is -2.49. The first-order valence-corrected chi connectivity index (χ1v) is 11.0. The number of aromatic nitrogens is 2. The molecule has 0 saturated carbocycles. The van der Waals surface area contributed by atoms with Gasteiger partial charge in [0, 0.05) is 26.5 Å². The van der Waals surface area contributed by atoms with Crippen LogP contribution in [0.25, 0.3) is 0 Å². The van der Waals surface area contributed by atoms with Gasteiger partial charge in [0.05, 0.1) is 0 Å². The van der Waals surface area contributed by atoms with Gasteiger partial charge in [-0.15, -0.1) is 16.4 Å². The molecule has 0 aliphatic heterocycles. The normalized spacial score (nSPS) is 12.4. The molecular formula is C20H21ClN4O2S2. The molecule has 0 fully saturated rings. The van der Waals surface area contributed by atoms with E-state index in [0.29, 0.717) is 10.7 Å². The molecule has 1 N–H and O–H groups in total. The number of benzene rings is 1. The molecule has 0 saturated heterocycles. The highest BCUT2D eigenvalue weighted by atomic mass is 35.5. The number of hydrogen-bond donors (Lipinski definition) is 1. The quantitative estimate of drug-likeness (QED) is 0.604. The first-order chi connectivity index (χ1) is 13.7. The van der Waals surface area contributed by atoms with Gasteiger partial charge in [0.15, 0.2) is 11.7 Å². The Balaban J connectivity index is 2.16. The molecular weight excluding hydrogens is 428 g/mol. The predicted molar refractivity (Wildman–Crippen MR) is 118 cm³/mol. The molecule has 1 aromatic carbocycles. The van der Waals surface area contributed by atoms with Gasteiger partial charge in [-0.2, -0.15) is 0 Å². The van der Waals surface area contributed by atoms with Gasteiger partial charge in [-0.3, -0.25) is 14.5 Å². The molecule has 1 atom stereocenters. The maximum absolute atomic E-state index is 13.4. The summed E-state index contributed by atoms with van der Waals surface area (Å²) in [6, 6.07) is 7.91. The van der Waals surface area contributed by atoms with Crippen LogP contribution in [0.3, 0.4) is 0 Å². The van der Waals surface area contributed by atoms with E-state index >= 15 is 0 Å². The largest absolute Gasteiger partial charge is 0.349 e. The molecule has 0 bridgehead atoms. The van der Waals surface area contributed by atoms with E-state index in [1.807, 2.05) is 39.1 Å². The average molecular weight is 449 g/mol. The zero-order chi connectivity index (χ0) is 21.2. The predicted octanol–water partition coefficient (Wildman–Crippen LogP) is 4.86. The van der Waals surface area contributed by atoms with Crippen molar-refractivity contribution in [3.05, 3.63) is 62.2 Å². The third kappa shape index (κ3) is 5.01. The van der Waals surface area contributed by atoms with Gasteiger partial charge in [0.2, 0.25) is 5.91 Å². The monoisotopic (exact) mass is 448 g/mol. The van der Waals surface area contributed by atoms with Crippen LogP contribution in [0, 0.1) is 6.92 Å². The third-order valence-electron chi connectivity index (χ3n) is 4.06. The number of hydrogen-bond acceptors (Lipinski definition) is 6. The minimum Gasteiger partial charge on any atom is -0.349 e. The van der Waals surface area contributed by atoms with Crippen molar-refractivity contribution < 1.29 is 9.59 Å². The van der Waals surface area contributed by atoms with Crippen molar-refractivity contribution in [1.29, 1.82) is 0 Å². The lowest BCUT2D eigenvalue weighted by atomic mass is 10.0. The Morgan fingerprint density at radius 2 is 1.86 bits per heavy atom. The average Bonchev–Trinajstić information content (AvgIpc) is 3.30. The fourth-order valence-corrected chi connectivity index (χ4v) is 4.39. The van der Waals surface area contributed by atoms with E-state index in [1.54, 1.807) is 29.6 Å². The van der Waals surface area contributed by atoms with Crippen LogP contribution >= 0.6 is 34.5 Å². The molecule has 9 heteroatoms. The minimum atomic E-state index is -0.857. The number of nitrogens with zero attached hydrogens (tertiary/aromatic N) is 3. The van der Waals surface area contributed by atoms with Crippen molar-refractivity contribution in [3.63, 3.8) is 0 Å². The number of carbonyl (C=O) groups excluding carboxylic acids is 2. The molecule has 29 heavy (non-hydrogen) atoms. The van der Waals surface area contributed by atoms with Crippen LogP contribution in [0.4, 0.5) is 5.69 Å². The van der Waals surface area contributed by atoms with Crippen LogP contribution in [0.15, 0.2) is 41.1 Å². The second-order valence-electron chi connectivity index (χ2n) is 7.55. The molecule has 0 spiro atoms. The Morgan fingerprint density at radius 3 is 2.38 bits per heavy atom. The molecule has 2 heterocycles. The Labute approximate surface area is 182 Å². The van der Waals surface area contributed by atoms with Gasteiger partial charge in [-0.05, 0) is 80.5 Å². The molecule has 3 rings (SSSR count). The molecule has 0 radical (unpaired) electrons. The summed E-state index contributed by atoms with van der Waals surface area (Å²) in [5.41, 5.74) is 1.21. The van der Waals surface area contributed by atoms with Gasteiger partial charge in [-0.25, -0.2) is 0 Å². The summed E-state index contributed by atoms with van der Waals surface area (Å²) in [6.07, 6.45) is 0. The smallest absolute Gasteiger partial charge is 0.280 e. The Kier molecular flexibility index (Phi) is 6.36. The number of amides is 2. The summed E-state index contributed by atoms with van der Waals surface area (Å²) < 4.78 is 3.80. The summed E-state index contributed by atoms with van der Waals surface area (Å²) in [7, 11) is 0. The maximum Gasteiger partial charge on any atom is 0.280 e. The van der Waals surface area contributed by atoms with E-state index < -0.39 is 17.5 Å². The van der Waals surface area contributed by atoms with Crippen molar-refractivity contribution in [3.8, 4) is 0 Å². The van der Waals surface area contributed by atoms with E-state index in [1.165, 1.54) is 16.2 Å². The number of carbonyl (C=O) groups is 2. The van der Waals surface area contributed by atoms with E-state index in [4.69, 9.17) is 11.6 Å². The van der Waals surface area contributed by atoms with Crippen LogP contribution in [0.1, 0.15) is 47.7 Å². The summed E-state index contributed by atoms with van der Waals surface area (Å²) in [5, 5.41) is 11.0. The zero-order valence-corrected chi connectivity index (χ0v) is 18.9. The number of thiophene rings is 1. The molecule has 2 amide bonds. The highest BCUT2D eigenvalue weighted by molar-refractivity contribution is 7.10. The van der Waals surface area contributed by atoms with Gasteiger partial charge in [-0.1, -0.05) is 16.1 Å². The summed E-state index contributed by atoms with van der Waals surface area (Å²) in [4.78, 5) is 29.1. The fourth-order valence-electron chi connectivity index (χ4n) is 2.82. The standard InChI is InChI=1S/C20H21ClN4O2S2/c1-12-9-10-28-17(12)16(18(26)22-20(2,3)4)25(14-7-5-13(21)6-8-14)19(27)15-11-29-24-23-15/h5-11,16H,1-4H3,(H,22,26). The van der Waals surface area contributed by atoms with Gasteiger partial charge in [0.1, 0.15) is 0 Å². The first kappa shape index (κ1) is 21.4. The summed E-state index contributed by atoms with van der Waals surface area (Å²) in [5.74, 6) is -0.669. The van der Waals surface area contributed by atoms with E-state index in [0.717, 1.165) is 22.0 Å². The highest BCUT2D eigenvalue weighted by Crippen LogP contribution is 2.35. The molecule has 0 aliphatic rings. The molecule has 2 aromatic heterocycles. The van der Waals surface area contributed by atoms with Gasteiger partial charge < -0.3 is 5.32 Å². The minimum absolute atomic E-state index is 0.188. The van der Waals surface area contributed by atoms with Crippen molar-refractivity contribution >= 4 is 52.0 Å². The molecule has 3 aromatic rings. The highest BCUT2D eigenvalue weighted by Gasteiger charge is 2.37. The van der Waals surface area contributed by atoms with Crippen molar-refractivity contribution in [2.45, 2.75) is 39.3 Å². The second kappa shape index (κ2) is 8.61. The SMILES string of the molecule is Cc1ccsc1C(C(=O)NC(C)(C)C)N(C(=O)c1csnn1)c1ccc(Cl)cc1. The number of aryl methyl sites for hydroxylation is 1. The third-order valence-corrected chi connectivity index (χ3v) is 5.89. The van der Waals surface area contributed by atoms with E-state index in [2.05, 4.69) is 14.9 Å². The van der Waals surface area contributed by atoms with Crippen LogP contribution in [-0.2, 0) is 4.79 Å². The lowest BCUT2D eigenvalue weighted by molar-refractivity contribution is -0.123. The number of rotatable bonds is 5. The number of halogens is 1. The lowest BCUT2D eigenvalue weighted by Gasteiger charge is -2.33. The molecule has 6 nitrogen and oxygen atoms in total. The first-order valence-electron chi connectivity index (χ1n) is 8.89. The van der Waals surface area contributed by atoms with Crippen molar-refractivity contribution in [1.82, 2.24) is 14.9 Å². The zero-order valence-electron chi connectivity index (χ0n) is 16.5. The second-order valence-corrected chi connectivity index (χ2v) is 9.55. The van der Waals surface area contributed by atoms with Crippen LogP contribution in [-0.4, -0.2) is 26.9 Å². The van der Waals surface area contributed by atoms with Gasteiger partial charge in [0.25, 0.3) is 5.91 Å². The van der Waals surface area contributed by atoms with Crippen LogP contribution in [0.2, 0.25) is 5.02 Å². The summed E-state index contributed by atoms with van der Waals surface area (Å²) >= 11 is 8.57. The molecule has 1 unspecified atom stereocenters. The van der Waals surface area contributed by atoms with Crippen LogP contribution in [0.5, 0.6) is 0 Å². The Hall–Kier alpha value is -2.29. The number of nitrogens with one attached hydrogen (secondary N) is 1. The van der Waals surface area contributed by atoms with Gasteiger partial charge >= 0.3 is 0 Å². The van der Waals surface area contributed by atoms with Crippen molar-refractivity contribution in [2.75, 3.05) is 4.90 Å². The molecule has 0 aliphatic carbocycles. The van der Waals surface area contributed by atoms with E-state index in [9.17, 15) is 9.59 Å². The maximum atomic E-state index is 13.4.